The Bertz CT molecular complexity index is 881. The molecule has 10 heteroatoms. The number of thioether (sulfide) groups is 1. The highest BCUT2D eigenvalue weighted by molar-refractivity contribution is 7.99. The van der Waals surface area contributed by atoms with Crippen LogP contribution in [-0.4, -0.2) is 40.8 Å². The van der Waals surface area contributed by atoms with Crippen molar-refractivity contribution in [3.8, 4) is 11.4 Å². The molecule has 1 N–H and O–H groups in total. The Hall–Kier alpha value is -2.49. The summed E-state index contributed by atoms with van der Waals surface area (Å²) in [5, 5.41) is 4.46. The van der Waals surface area contributed by atoms with Gasteiger partial charge in [-0.1, -0.05) is 18.7 Å². The minimum Gasteiger partial charge on any atom is -0.484 e. The smallest absolute Gasteiger partial charge is 0.422 e. The molecule has 0 amide bonds. The van der Waals surface area contributed by atoms with Crippen molar-refractivity contribution in [1.29, 1.82) is 0 Å². The number of halogens is 3. The van der Waals surface area contributed by atoms with E-state index in [4.69, 9.17) is 4.74 Å². The molecule has 0 bridgehead atoms. The van der Waals surface area contributed by atoms with Crippen LogP contribution in [0.15, 0.2) is 45.4 Å². The molecule has 144 valence electrons. The summed E-state index contributed by atoms with van der Waals surface area (Å²) in [5.41, 5.74) is 3.71. The largest absolute Gasteiger partial charge is 0.484 e. The Kier molecular flexibility index (Phi) is 5.73. The van der Waals surface area contributed by atoms with Crippen LogP contribution in [0, 0.1) is 0 Å². The second-order valence-electron chi connectivity index (χ2n) is 5.71. The van der Waals surface area contributed by atoms with E-state index in [1.807, 2.05) is 6.92 Å². The second-order valence-corrected chi connectivity index (χ2v) is 6.95. The van der Waals surface area contributed by atoms with E-state index >= 15 is 0 Å². The first-order valence-corrected chi connectivity index (χ1v) is 9.19. The molecule has 2 heterocycles. The predicted octanol–water partition coefficient (Wildman–Crippen LogP) is 2.96. The molecule has 0 fully saturated rings. The molecule has 0 saturated heterocycles. The number of rotatable bonds is 6. The third kappa shape index (κ3) is 4.82. The van der Waals surface area contributed by atoms with Crippen molar-refractivity contribution in [3.63, 3.8) is 0 Å². The van der Waals surface area contributed by atoms with Gasteiger partial charge in [0.2, 0.25) is 0 Å². The summed E-state index contributed by atoms with van der Waals surface area (Å²) in [6.45, 7) is 1.16. The topological polar surface area (TPSA) is 68.5 Å². The molecule has 27 heavy (non-hydrogen) atoms. The molecule has 0 saturated carbocycles. The van der Waals surface area contributed by atoms with Crippen LogP contribution in [0.25, 0.3) is 5.69 Å². The first kappa shape index (κ1) is 19.3. The number of alkyl halides is 3. The summed E-state index contributed by atoms with van der Waals surface area (Å²) in [7, 11) is 0. The van der Waals surface area contributed by atoms with Crippen LogP contribution >= 0.6 is 11.8 Å². The van der Waals surface area contributed by atoms with Crippen molar-refractivity contribution in [1.82, 2.24) is 15.0 Å². The third-order valence-corrected chi connectivity index (χ3v) is 4.54. The zero-order chi connectivity index (χ0) is 19.4. The van der Waals surface area contributed by atoms with E-state index in [2.05, 4.69) is 15.5 Å². The van der Waals surface area contributed by atoms with Crippen molar-refractivity contribution in [3.05, 3.63) is 46.4 Å². The van der Waals surface area contributed by atoms with Gasteiger partial charge in [0.25, 0.3) is 5.56 Å². The Balaban J connectivity index is 1.90. The quantitative estimate of drug-likeness (QED) is 0.599. The van der Waals surface area contributed by atoms with Gasteiger partial charge in [-0.3, -0.25) is 9.36 Å². The van der Waals surface area contributed by atoms with Crippen LogP contribution in [0.1, 0.15) is 18.5 Å². The number of hydrogen-bond acceptors (Lipinski definition) is 6. The van der Waals surface area contributed by atoms with Gasteiger partial charge in [-0.25, -0.2) is 4.98 Å². The highest BCUT2D eigenvalue weighted by atomic mass is 32.2. The number of hydrazone groups is 1. The standard InChI is InChI=1S/C17H17F3N4O2S/c1-2-27-16-23-14(11-8-21-22-9-11)7-15(25)24(16)12-3-5-13(6-4-12)26-10-17(18,19)20/h3-8,11,22H,2,9-10H2,1H3. The number of nitrogens with one attached hydrogen (secondary N) is 1. The lowest BCUT2D eigenvalue weighted by molar-refractivity contribution is -0.153. The minimum atomic E-state index is -4.40. The zero-order valence-electron chi connectivity index (χ0n) is 14.4. The van der Waals surface area contributed by atoms with Crippen LogP contribution in [-0.2, 0) is 0 Å². The van der Waals surface area contributed by atoms with Gasteiger partial charge in [-0.05, 0) is 30.0 Å². The molecule has 1 aliphatic heterocycles. The Labute approximate surface area is 157 Å². The lowest BCUT2D eigenvalue weighted by atomic mass is 10.1. The molecular weight excluding hydrogens is 381 g/mol. The number of hydrogen-bond donors (Lipinski definition) is 1. The average molecular weight is 398 g/mol. The van der Waals surface area contributed by atoms with Gasteiger partial charge >= 0.3 is 6.18 Å². The van der Waals surface area contributed by atoms with Gasteiger partial charge in [-0.15, -0.1) is 0 Å². The molecule has 0 radical (unpaired) electrons. The van der Waals surface area contributed by atoms with Gasteiger partial charge < -0.3 is 10.2 Å². The molecule has 6 nitrogen and oxygen atoms in total. The average Bonchev–Trinajstić information content (AvgIpc) is 3.15. The van der Waals surface area contributed by atoms with Gasteiger partial charge in [0.05, 0.1) is 17.3 Å². The van der Waals surface area contributed by atoms with Crippen LogP contribution in [0.3, 0.4) is 0 Å². The van der Waals surface area contributed by atoms with Crippen molar-refractivity contribution in [2.45, 2.75) is 24.2 Å². The molecule has 3 rings (SSSR count). The molecule has 2 aromatic rings. The highest BCUT2D eigenvalue weighted by Gasteiger charge is 2.28. The van der Waals surface area contributed by atoms with Crippen LogP contribution in [0.2, 0.25) is 0 Å². The maximum atomic E-state index is 12.7. The molecule has 1 aliphatic rings. The molecule has 1 unspecified atom stereocenters. The van der Waals surface area contributed by atoms with Crippen LogP contribution in [0.5, 0.6) is 5.75 Å². The SMILES string of the molecule is CCSc1nc(C2C=NNC2)cc(=O)n1-c1ccc(OCC(F)(F)F)cc1. The zero-order valence-corrected chi connectivity index (χ0v) is 15.2. The Morgan fingerprint density at radius 3 is 2.67 bits per heavy atom. The van der Waals surface area contributed by atoms with E-state index in [0.717, 1.165) is 0 Å². The summed E-state index contributed by atoms with van der Waals surface area (Å²) in [4.78, 5) is 17.3. The van der Waals surface area contributed by atoms with Crippen molar-refractivity contribution in [2.75, 3.05) is 18.9 Å². The van der Waals surface area contributed by atoms with Crippen molar-refractivity contribution < 1.29 is 17.9 Å². The first-order valence-electron chi connectivity index (χ1n) is 8.20. The minimum absolute atomic E-state index is 0.0679. The summed E-state index contributed by atoms with van der Waals surface area (Å²) >= 11 is 1.41. The number of aromatic nitrogens is 2. The predicted molar refractivity (Wildman–Crippen MR) is 97.0 cm³/mol. The van der Waals surface area contributed by atoms with Gasteiger partial charge in [0.1, 0.15) is 5.75 Å². The van der Waals surface area contributed by atoms with Crippen LogP contribution < -0.4 is 15.7 Å². The fourth-order valence-corrected chi connectivity index (χ4v) is 3.27. The molecular formula is C17H17F3N4O2S. The van der Waals surface area contributed by atoms with E-state index in [1.54, 1.807) is 6.21 Å². The number of benzene rings is 1. The molecule has 0 aliphatic carbocycles. The molecule has 1 atom stereocenters. The first-order chi connectivity index (χ1) is 12.9. The lowest BCUT2D eigenvalue weighted by Crippen LogP contribution is -2.24. The third-order valence-electron chi connectivity index (χ3n) is 3.72. The lowest BCUT2D eigenvalue weighted by Gasteiger charge is -2.15. The van der Waals surface area contributed by atoms with E-state index in [1.165, 1.54) is 46.7 Å². The summed E-state index contributed by atoms with van der Waals surface area (Å²) in [6.07, 6.45) is -2.70. The summed E-state index contributed by atoms with van der Waals surface area (Å²) in [6, 6.07) is 7.32. The number of ether oxygens (including phenoxy) is 1. The van der Waals surface area contributed by atoms with Gasteiger partial charge in [0.15, 0.2) is 11.8 Å². The fraction of sp³-hybridized carbons (Fsp3) is 0.353. The molecule has 1 aromatic heterocycles. The fourth-order valence-electron chi connectivity index (χ4n) is 2.52. The van der Waals surface area contributed by atoms with E-state index in [9.17, 15) is 18.0 Å². The maximum absolute atomic E-state index is 12.7. The van der Waals surface area contributed by atoms with Crippen molar-refractivity contribution in [2.24, 2.45) is 5.10 Å². The normalized spacial score (nSPS) is 16.4. The van der Waals surface area contributed by atoms with Crippen molar-refractivity contribution >= 4 is 18.0 Å². The van der Waals surface area contributed by atoms with E-state index in [0.29, 0.717) is 28.8 Å². The Morgan fingerprint density at radius 2 is 2.07 bits per heavy atom. The highest BCUT2D eigenvalue weighted by Crippen LogP contribution is 2.23. The van der Waals surface area contributed by atoms with Gasteiger partial charge in [-0.2, -0.15) is 18.3 Å². The summed E-state index contributed by atoms with van der Waals surface area (Å²) in [5.74, 6) is 0.716. The van der Waals surface area contributed by atoms with Gasteiger partial charge in [0, 0.05) is 18.8 Å². The van der Waals surface area contributed by atoms with E-state index in [-0.39, 0.29) is 17.2 Å². The van der Waals surface area contributed by atoms with E-state index < -0.39 is 12.8 Å². The monoisotopic (exact) mass is 398 g/mol. The second kappa shape index (κ2) is 8.03. The molecule has 1 aromatic carbocycles. The maximum Gasteiger partial charge on any atom is 0.422 e. The Morgan fingerprint density at radius 1 is 1.33 bits per heavy atom. The molecule has 0 spiro atoms. The number of nitrogens with zero attached hydrogens (tertiary/aromatic N) is 3. The van der Waals surface area contributed by atoms with Crippen LogP contribution in [0.4, 0.5) is 13.2 Å². The summed E-state index contributed by atoms with van der Waals surface area (Å²) < 4.78 is 42.9.